The van der Waals surface area contributed by atoms with E-state index in [1.165, 1.54) is 6.92 Å². The van der Waals surface area contributed by atoms with Crippen molar-refractivity contribution in [1.82, 2.24) is 24.8 Å². The van der Waals surface area contributed by atoms with Crippen LogP contribution in [0.5, 0.6) is 0 Å². The van der Waals surface area contributed by atoms with Gasteiger partial charge in [0.2, 0.25) is 0 Å². The van der Waals surface area contributed by atoms with Crippen molar-refractivity contribution < 1.29 is 9.18 Å². The maximum atomic E-state index is 13.1. The van der Waals surface area contributed by atoms with Crippen molar-refractivity contribution >= 4 is 16.9 Å². The molecular formula is C19H22FN5O. The molecule has 1 atom stereocenters. The number of rotatable bonds is 5. The van der Waals surface area contributed by atoms with Crippen molar-refractivity contribution in [2.45, 2.75) is 40.4 Å². The lowest BCUT2D eigenvalue weighted by atomic mass is 10.2. The van der Waals surface area contributed by atoms with Crippen LogP contribution >= 0.6 is 0 Å². The predicted octanol–water partition coefficient (Wildman–Crippen LogP) is 2.89. The Labute approximate surface area is 151 Å². The number of alkyl halides is 1. The summed E-state index contributed by atoms with van der Waals surface area (Å²) in [6, 6.07) is 1.98. The maximum Gasteiger partial charge on any atom is 0.255 e. The standard InChI is InChI=1S/C19H22FN5O/c1-11-5-17-18(22-6-11)15(19(26)23-7-12(2)20)9-25(17)10-16-14(4)24-13(3)8-21-16/h5-6,8-9,12H,7,10H2,1-4H3,(H,23,26). The molecule has 0 aliphatic rings. The number of carbonyl (C=O) groups is 1. The van der Waals surface area contributed by atoms with E-state index in [1.54, 1.807) is 18.6 Å². The van der Waals surface area contributed by atoms with E-state index in [-0.39, 0.29) is 12.5 Å². The van der Waals surface area contributed by atoms with Gasteiger partial charge in [0.05, 0.1) is 34.7 Å². The van der Waals surface area contributed by atoms with E-state index in [0.29, 0.717) is 17.6 Å². The molecule has 1 N–H and O–H groups in total. The van der Waals surface area contributed by atoms with Gasteiger partial charge in [0.1, 0.15) is 11.7 Å². The highest BCUT2D eigenvalue weighted by Crippen LogP contribution is 2.22. The summed E-state index contributed by atoms with van der Waals surface area (Å²) in [6.07, 6.45) is 4.09. The number of pyridine rings is 1. The molecule has 7 heteroatoms. The maximum absolute atomic E-state index is 13.1. The second kappa shape index (κ2) is 7.19. The minimum atomic E-state index is -1.10. The van der Waals surface area contributed by atoms with Gasteiger partial charge >= 0.3 is 0 Å². The van der Waals surface area contributed by atoms with E-state index in [4.69, 9.17) is 0 Å². The smallest absolute Gasteiger partial charge is 0.255 e. The SMILES string of the molecule is Cc1cnc2c(C(=O)NCC(C)F)cn(Cc3ncc(C)nc3C)c2c1. The molecule has 3 aromatic heterocycles. The molecule has 1 amide bonds. The van der Waals surface area contributed by atoms with Crippen molar-refractivity contribution in [3.05, 3.63) is 52.9 Å². The monoisotopic (exact) mass is 355 g/mol. The molecule has 0 saturated carbocycles. The molecule has 0 aromatic carbocycles. The zero-order chi connectivity index (χ0) is 18.8. The fourth-order valence-electron chi connectivity index (χ4n) is 2.83. The van der Waals surface area contributed by atoms with Gasteiger partial charge < -0.3 is 9.88 Å². The Kier molecular flexibility index (Phi) is 4.97. The van der Waals surface area contributed by atoms with Crippen LogP contribution in [-0.2, 0) is 6.54 Å². The predicted molar refractivity (Wildman–Crippen MR) is 98.0 cm³/mol. The third-order valence-corrected chi connectivity index (χ3v) is 4.13. The van der Waals surface area contributed by atoms with Gasteiger partial charge in [-0.15, -0.1) is 0 Å². The summed E-state index contributed by atoms with van der Waals surface area (Å²) < 4.78 is 15.0. The van der Waals surface area contributed by atoms with Crippen molar-refractivity contribution in [1.29, 1.82) is 0 Å². The summed E-state index contributed by atoms with van der Waals surface area (Å²) in [5.74, 6) is -0.332. The van der Waals surface area contributed by atoms with Gasteiger partial charge in [0.15, 0.2) is 0 Å². The number of carbonyl (C=O) groups excluding carboxylic acids is 1. The van der Waals surface area contributed by atoms with Gasteiger partial charge in [-0.2, -0.15) is 0 Å². The molecule has 3 aromatic rings. The Hall–Kier alpha value is -2.83. The Morgan fingerprint density at radius 1 is 1.27 bits per heavy atom. The topological polar surface area (TPSA) is 72.7 Å². The quantitative estimate of drug-likeness (QED) is 0.764. The Morgan fingerprint density at radius 2 is 2.04 bits per heavy atom. The minimum Gasteiger partial charge on any atom is -0.349 e. The molecule has 0 fully saturated rings. The molecule has 0 aliphatic carbocycles. The molecule has 0 spiro atoms. The van der Waals surface area contributed by atoms with E-state index in [2.05, 4.69) is 20.3 Å². The lowest BCUT2D eigenvalue weighted by molar-refractivity contribution is 0.0945. The lowest BCUT2D eigenvalue weighted by Crippen LogP contribution is -2.28. The number of aromatic nitrogens is 4. The van der Waals surface area contributed by atoms with Crippen molar-refractivity contribution in [3.8, 4) is 0 Å². The molecular weight excluding hydrogens is 333 g/mol. The number of nitrogens with zero attached hydrogens (tertiary/aromatic N) is 4. The van der Waals surface area contributed by atoms with Crippen LogP contribution in [0.4, 0.5) is 4.39 Å². The zero-order valence-corrected chi connectivity index (χ0v) is 15.4. The first-order valence-electron chi connectivity index (χ1n) is 8.52. The number of aryl methyl sites for hydroxylation is 3. The van der Waals surface area contributed by atoms with Crippen LogP contribution in [0.1, 0.15) is 39.9 Å². The summed E-state index contributed by atoms with van der Waals surface area (Å²) >= 11 is 0. The molecule has 136 valence electrons. The molecule has 0 bridgehead atoms. The van der Waals surface area contributed by atoms with Crippen LogP contribution < -0.4 is 5.32 Å². The zero-order valence-electron chi connectivity index (χ0n) is 15.4. The van der Waals surface area contributed by atoms with Crippen LogP contribution in [0.25, 0.3) is 11.0 Å². The highest BCUT2D eigenvalue weighted by Gasteiger charge is 2.18. The summed E-state index contributed by atoms with van der Waals surface area (Å²) in [5, 5.41) is 2.61. The van der Waals surface area contributed by atoms with Crippen LogP contribution in [0.15, 0.2) is 24.7 Å². The number of hydrogen-bond acceptors (Lipinski definition) is 4. The molecule has 0 saturated heterocycles. The Bertz CT molecular complexity index is 964. The summed E-state index contributed by atoms with van der Waals surface area (Å²) in [6.45, 7) is 7.62. The molecule has 0 radical (unpaired) electrons. The summed E-state index contributed by atoms with van der Waals surface area (Å²) in [5.41, 5.74) is 5.40. The van der Waals surface area contributed by atoms with Gasteiger partial charge in [-0.3, -0.25) is 19.7 Å². The molecule has 6 nitrogen and oxygen atoms in total. The van der Waals surface area contributed by atoms with Crippen molar-refractivity contribution in [2.24, 2.45) is 0 Å². The number of nitrogens with one attached hydrogen (secondary N) is 1. The van der Waals surface area contributed by atoms with Crippen molar-refractivity contribution in [3.63, 3.8) is 0 Å². The van der Waals surface area contributed by atoms with Gasteiger partial charge in [0, 0.05) is 25.1 Å². The molecule has 3 rings (SSSR count). The number of fused-ring (bicyclic) bond motifs is 1. The van der Waals surface area contributed by atoms with Gasteiger partial charge in [0.25, 0.3) is 5.91 Å². The van der Waals surface area contributed by atoms with E-state index in [9.17, 15) is 9.18 Å². The fraction of sp³-hybridized carbons (Fsp3) is 0.368. The first kappa shape index (κ1) is 18.0. The molecule has 3 heterocycles. The highest BCUT2D eigenvalue weighted by molar-refractivity contribution is 6.05. The minimum absolute atomic E-state index is 0.0279. The highest BCUT2D eigenvalue weighted by atomic mass is 19.1. The van der Waals surface area contributed by atoms with Crippen molar-refractivity contribution in [2.75, 3.05) is 6.54 Å². The van der Waals surface area contributed by atoms with Gasteiger partial charge in [-0.05, 0) is 39.3 Å². The lowest BCUT2D eigenvalue weighted by Gasteiger charge is -2.08. The third kappa shape index (κ3) is 3.71. The van der Waals surface area contributed by atoms with E-state index in [1.807, 2.05) is 31.4 Å². The second-order valence-corrected chi connectivity index (χ2v) is 6.59. The molecule has 26 heavy (non-hydrogen) atoms. The average Bonchev–Trinajstić information content (AvgIpc) is 2.93. The van der Waals surface area contributed by atoms with E-state index in [0.717, 1.165) is 28.2 Å². The third-order valence-electron chi connectivity index (χ3n) is 4.13. The molecule has 0 aliphatic heterocycles. The number of hydrogen-bond donors (Lipinski definition) is 1. The number of halogens is 1. The van der Waals surface area contributed by atoms with Crippen LogP contribution in [0.3, 0.4) is 0 Å². The first-order chi connectivity index (χ1) is 12.3. The van der Waals surface area contributed by atoms with Gasteiger partial charge in [-0.25, -0.2) is 4.39 Å². The fourth-order valence-corrected chi connectivity index (χ4v) is 2.83. The van der Waals surface area contributed by atoms with E-state index >= 15 is 0 Å². The van der Waals surface area contributed by atoms with Crippen LogP contribution in [0.2, 0.25) is 0 Å². The number of amides is 1. The van der Waals surface area contributed by atoms with E-state index < -0.39 is 6.17 Å². The average molecular weight is 355 g/mol. The summed E-state index contributed by atoms with van der Waals surface area (Å²) in [7, 11) is 0. The largest absolute Gasteiger partial charge is 0.349 e. The summed E-state index contributed by atoms with van der Waals surface area (Å²) in [4.78, 5) is 25.8. The molecule has 1 unspecified atom stereocenters. The second-order valence-electron chi connectivity index (χ2n) is 6.59. The van der Waals surface area contributed by atoms with Gasteiger partial charge in [-0.1, -0.05) is 0 Å². The Morgan fingerprint density at radius 3 is 2.73 bits per heavy atom. The Balaban J connectivity index is 2.02. The first-order valence-corrected chi connectivity index (χ1v) is 8.52. The van der Waals surface area contributed by atoms with Crippen LogP contribution in [-0.4, -0.2) is 38.1 Å². The van der Waals surface area contributed by atoms with Crippen LogP contribution in [0, 0.1) is 20.8 Å². The normalized spacial score (nSPS) is 12.3.